The largest absolute Gasteiger partial charge is 0.481 e. The normalized spacial score (nSPS) is 31.8. The molecule has 120 valence electrons. The summed E-state index contributed by atoms with van der Waals surface area (Å²) in [6, 6.07) is 0. The van der Waals surface area contributed by atoms with Crippen molar-refractivity contribution in [1.29, 1.82) is 0 Å². The average Bonchev–Trinajstić information content (AvgIpc) is 3.01. The Morgan fingerprint density at radius 2 is 1.95 bits per heavy atom. The van der Waals surface area contributed by atoms with Gasteiger partial charge >= 0.3 is 5.97 Å². The van der Waals surface area contributed by atoms with Crippen LogP contribution in [0.1, 0.15) is 20.8 Å². The number of amides is 1. The lowest BCUT2D eigenvalue weighted by atomic mass is 10.1. The van der Waals surface area contributed by atoms with E-state index in [9.17, 15) is 23.1 Å². The molecule has 1 saturated heterocycles. The molecule has 0 aromatic rings. The first-order chi connectivity index (χ1) is 9.64. The van der Waals surface area contributed by atoms with Crippen LogP contribution in [0.2, 0.25) is 0 Å². The third kappa shape index (κ3) is 2.79. The Hall–Kier alpha value is -0.760. The second-order valence-corrected chi connectivity index (χ2v) is 9.72. The highest BCUT2D eigenvalue weighted by Gasteiger charge is 2.67. The summed E-state index contributed by atoms with van der Waals surface area (Å²) >= 11 is 1.52. The fraction of sp³-hybridized carbons (Fsp3) is 0.846. The molecule has 0 radical (unpaired) electrons. The molecule has 2 fully saturated rings. The zero-order valence-electron chi connectivity index (χ0n) is 12.4. The van der Waals surface area contributed by atoms with Crippen molar-refractivity contribution < 1.29 is 23.1 Å². The molecule has 1 saturated carbocycles. The first-order valence-electron chi connectivity index (χ1n) is 6.97. The van der Waals surface area contributed by atoms with Crippen molar-refractivity contribution in [1.82, 2.24) is 4.90 Å². The molecule has 6 nitrogen and oxygen atoms in total. The van der Waals surface area contributed by atoms with E-state index in [1.165, 1.54) is 16.7 Å². The van der Waals surface area contributed by atoms with Crippen LogP contribution in [0.3, 0.4) is 0 Å². The lowest BCUT2D eigenvalue weighted by molar-refractivity contribution is -0.142. The van der Waals surface area contributed by atoms with E-state index in [4.69, 9.17) is 0 Å². The van der Waals surface area contributed by atoms with E-state index in [-0.39, 0.29) is 11.7 Å². The van der Waals surface area contributed by atoms with Gasteiger partial charge in [-0.15, -0.1) is 0 Å². The molecule has 1 aliphatic carbocycles. The molecule has 1 amide bonds. The monoisotopic (exact) mass is 335 g/mol. The van der Waals surface area contributed by atoms with Crippen LogP contribution in [0.15, 0.2) is 0 Å². The predicted molar refractivity (Wildman–Crippen MR) is 80.7 cm³/mol. The van der Waals surface area contributed by atoms with Gasteiger partial charge in [0.2, 0.25) is 5.91 Å². The average molecular weight is 335 g/mol. The van der Waals surface area contributed by atoms with Crippen molar-refractivity contribution >= 4 is 33.5 Å². The number of nitrogens with zero attached hydrogens (tertiary/aromatic N) is 1. The van der Waals surface area contributed by atoms with Gasteiger partial charge in [-0.1, -0.05) is 20.8 Å². The summed E-state index contributed by atoms with van der Waals surface area (Å²) in [7, 11) is -3.36. The number of hydrogen-bond donors (Lipinski definition) is 1. The maximum Gasteiger partial charge on any atom is 0.307 e. The summed E-state index contributed by atoms with van der Waals surface area (Å²) < 4.78 is 24.3. The molecular formula is C13H21NO5S2. The van der Waals surface area contributed by atoms with Crippen LogP contribution >= 0.6 is 11.8 Å². The van der Waals surface area contributed by atoms with Crippen molar-refractivity contribution in [2.75, 3.05) is 23.8 Å². The molecule has 2 rings (SSSR count). The van der Waals surface area contributed by atoms with E-state index in [2.05, 4.69) is 0 Å². The minimum Gasteiger partial charge on any atom is -0.481 e. The molecule has 2 aliphatic rings. The standard InChI is InChI=1S/C13H21NO5S2/c1-4-21(18,19)8-7-20-6-5-14(8)11(15)9-10(12(16)17)13(9,2)3/h8-10H,4-7H2,1-3H3,(H,16,17)/t8?,9-,10+/m1/s1. The molecule has 1 aliphatic heterocycles. The molecule has 8 heteroatoms. The second kappa shape index (κ2) is 5.46. The topological polar surface area (TPSA) is 91.8 Å². The highest BCUT2D eigenvalue weighted by molar-refractivity contribution is 8.01. The third-order valence-corrected chi connectivity index (χ3v) is 7.83. The lowest BCUT2D eigenvalue weighted by Gasteiger charge is -2.35. The predicted octanol–water partition coefficient (Wildman–Crippen LogP) is 0.679. The maximum absolute atomic E-state index is 12.7. The Labute approximate surface area is 129 Å². The van der Waals surface area contributed by atoms with Crippen molar-refractivity contribution in [2.45, 2.75) is 26.1 Å². The number of rotatable bonds is 4. The van der Waals surface area contributed by atoms with Gasteiger partial charge in [0.05, 0.1) is 11.8 Å². The summed E-state index contributed by atoms with van der Waals surface area (Å²) in [6.07, 6.45) is 0. The van der Waals surface area contributed by atoms with E-state index in [1.54, 1.807) is 20.8 Å². The molecule has 1 N–H and O–H groups in total. The van der Waals surface area contributed by atoms with Crippen molar-refractivity contribution in [2.24, 2.45) is 17.3 Å². The summed E-state index contributed by atoms with van der Waals surface area (Å²) in [6.45, 7) is 5.43. The number of aliphatic carboxylic acids is 1. The minimum absolute atomic E-state index is 0.0155. The van der Waals surface area contributed by atoms with E-state index < -0.39 is 38.4 Å². The van der Waals surface area contributed by atoms with Crippen LogP contribution in [-0.4, -0.2) is 59.5 Å². The highest BCUT2D eigenvalue weighted by atomic mass is 32.2. The van der Waals surface area contributed by atoms with Gasteiger partial charge < -0.3 is 10.0 Å². The summed E-state index contributed by atoms with van der Waals surface area (Å²) in [5, 5.41) is 8.37. The summed E-state index contributed by atoms with van der Waals surface area (Å²) in [5.74, 6) is -1.61. The van der Waals surface area contributed by atoms with Gasteiger partial charge in [0.1, 0.15) is 5.37 Å². The molecule has 0 aromatic carbocycles. The molecule has 21 heavy (non-hydrogen) atoms. The van der Waals surface area contributed by atoms with Gasteiger partial charge in [0.15, 0.2) is 9.84 Å². The minimum atomic E-state index is -3.36. The lowest BCUT2D eigenvalue weighted by Crippen LogP contribution is -2.51. The van der Waals surface area contributed by atoms with E-state index in [1.807, 2.05) is 0 Å². The van der Waals surface area contributed by atoms with E-state index in [0.717, 1.165) is 0 Å². The molecule has 1 heterocycles. The zero-order valence-corrected chi connectivity index (χ0v) is 14.0. The summed E-state index contributed by atoms with van der Waals surface area (Å²) in [4.78, 5) is 25.3. The van der Waals surface area contributed by atoms with Crippen LogP contribution in [0.4, 0.5) is 0 Å². The van der Waals surface area contributed by atoms with Gasteiger partial charge in [-0.05, 0) is 5.41 Å². The van der Waals surface area contributed by atoms with Gasteiger partial charge in [0, 0.05) is 23.8 Å². The Kier molecular flexibility index (Phi) is 4.32. The number of carbonyl (C=O) groups excluding carboxylic acids is 1. The number of carboxylic acids is 1. The molecular weight excluding hydrogens is 314 g/mol. The van der Waals surface area contributed by atoms with Gasteiger partial charge in [-0.2, -0.15) is 11.8 Å². The molecule has 0 aromatic heterocycles. The molecule has 1 unspecified atom stereocenters. The quantitative estimate of drug-likeness (QED) is 0.812. The summed E-state index contributed by atoms with van der Waals surface area (Å²) in [5.41, 5.74) is -0.603. The second-order valence-electron chi connectivity index (χ2n) is 6.13. The first kappa shape index (κ1) is 16.6. The molecule has 3 atom stereocenters. The Morgan fingerprint density at radius 3 is 2.43 bits per heavy atom. The van der Waals surface area contributed by atoms with E-state index >= 15 is 0 Å². The smallest absolute Gasteiger partial charge is 0.307 e. The maximum atomic E-state index is 12.7. The van der Waals surface area contributed by atoms with Crippen molar-refractivity contribution in [3.8, 4) is 0 Å². The van der Waals surface area contributed by atoms with Crippen LogP contribution < -0.4 is 0 Å². The first-order valence-corrected chi connectivity index (χ1v) is 9.84. The van der Waals surface area contributed by atoms with Crippen LogP contribution in [0.5, 0.6) is 0 Å². The van der Waals surface area contributed by atoms with Crippen LogP contribution in [0, 0.1) is 17.3 Å². The number of carboxylic acid groups (broad SMARTS) is 1. The Bertz CT molecular complexity index is 557. The fourth-order valence-corrected chi connectivity index (χ4v) is 6.04. The van der Waals surface area contributed by atoms with Gasteiger partial charge in [-0.3, -0.25) is 9.59 Å². The Morgan fingerprint density at radius 1 is 1.33 bits per heavy atom. The van der Waals surface area contributed by atoms with Gasteiger partial charge in [-0.25, -0.2) is 8.42 Å². The Balaban J connectivity index is 2.23. The van der Waals surface area contributed by atoms with Crippen molar-refractivity contribution in [3.05, 3.63) is 0 Å². The number of thioether (sulfide) groups is 1. The number of hydrogen-bond acceptors (Lipinski definition) is 5. The van der Waals surface area contributed by atoms with Crippen molar-refractivity contribution in [3.63, 3.8) is 0 Å². The SMILES string of the molecule is CCS(=O)(=O)C1CSCCN1C(=O)[C@H]1[C@@H](C(=O)O)C1(C)C. The third-order valence-electron chi connectivity index (χ3n) is 4.54. The number of carbonyl (C=O) groups is 2. The van der Waals surface area contributed by atoms with Crippen LogP contribution in [0.25, 0.3) is 0 Å². The fourth-order valence-electron chi connectivity index (χ4n) is 3.06. The number of sulfone groups is 1. The van der Waals surface area contributed by atoms with Gasteiger partial charge in [0.25, 0.3) is 0 Å². The molecule has 0 bridgehead atoms. The van der Waals surface area contributed by atoms with Crippen LogP contribution in [-0.2, 0) is 19.4 Å². The van der Waals surface area contributed by atoms with E-state index in [0.29, 0.717) is 18.1 Å². The highest BCUT2D eigenvalue weighted by Crippen LogP contribution is 2.59. The molecule has 0 spiro atoms. The zero-order chi connectivity index (χ0) is 16.0.